The van der Waals surface area contributed by atoms with Crippen LogP contribution >= 0.6 is 11.8 Å². The zero-order valence-electron chi connectivity index (χ0n) is 12.9. The molecule has 0 amide bonds. The molecule has 0 saturated carbocycles. The average molecular weight is 321 g/mol. The molecule has 0 spiro atoms. The fraction of sp³-hybridized carbons (Fsp3) is 0.438. The molecule has 0 heterocycles. The summed E-state index contributed by atoms with van der Waals surface area (Å²) in [6.45, 7) is 5.69. The molecule has 0 radical (unpaired) electrons. The van der Waals surface area contributed by atoms with E-state index in [0.29, 0.717) is 17.3 Å². The van der Waals surface area contributed by atoms with Crippen LogP contribution in [0.4, 0.5) is 0 Å². The van der Waals surface area contributed by atoms with E-state index in [1.54, 1.807) is 26.0 Å². The van der Waals surface area contributed by atoms with Gasteiger partial charge in [-0.3, -0.25) is 9.59 Å². The number of carbonyl (C=O) groups is 2. The van der Waals surface area contributed by atoms with Gasteiger partial charge in [-0.1, -0.05) is 29.8 Å². The minimum atomic E-state index is -0.952. The summed E-state index contributed by atoms with van der Waals surface area (Å²) in [5.41, 5.74) is 1.66. The van der Waals surface area contributed by atoms with Gasteiger partial charge in [-0.05, 0) is 38.1 Å². The van der Waals surface area contributed by atoms with Gasteiger partial charge in [-0.15, -0.1) is 0 Å². The van der Waals surface area contributed by atoms with Gasteiger partial charge in [0.1, 0.15) is 16.6 Å². The third-order valence-corrected chi connectivity index (χ3v) is 3.80. The lowest BCUT2D eigenvalue weighted by molar-refractivity contribution is -0.151. The molecule has 0 aliphatic carbocycles. The van der Waals surface area contributed by atoms with Crippen LogP contribution in [0.5, 0.6) is 0 Å². The summed E-state index contributed by atoms with van der Waals surface area (Å²) in [4.78, 5) is 24.4. The molecule has 6 heteroatoms. The number of thiocyanates is 1. The smallest absolute Gasteiger partial charge is 0.321 e. The summed E-state index contributed by atoms with van der Waals surface area (Å²) in [6.07, 6.45) is 0. The van der Waals surface area contributed by atoms with E-state index in [4.69, 9.17) is 14.7 Å². The first kappa shape index (κ1) is 18.1. The Labute approximate surface area is 134 Å². The van der Waals surface area contributed by atoms with Crippen molar-refractivity contribution in [3.05, 3.63) is 35.4 Å². The summed E-state index contributed by atoms with van der Waals surface area (Å²) in [7, 11) is 0. The van der Waals surface area contributed by atoms with Crippen molar-refractivity contribution >= 4 is 23.7 Å². The van der Waals surface area contributed by atoms with E-state index in [1.165, 1.54) is 0 Å². The van der Waals surface area contributed by atoms with Crippen LogP contribution in [-0.4, -0.2) is 30.4 Å². The highest BCUT2D eigenvalue weighted by atomic mass is 32.2. The van der Waals surface area contributed by atoms with Crippen LogP contribution < -0.4 is 0 Å². The second-order valence-electron chi connectivity index (χ2n) is 4.52. The maximum Gasteiger partial charge on any atom is 0.321 e. The predicted octanol–water partition coefficient (Wildman–Crippen LogP) is 2.79. The summed E-state index contributed by atoms with van der Waals surface area (Å²) in [6, 6.07) is 7.23. The largest absolute Gasteiger partial charge is 0.465 e. The van der Waals surface area contributed by atoms with Crippen LogP contribution in [0.3, 0.4) is 0 Å². The molecule has 2 atom stereocenters. The van der Waals surface area contributed by atoms with Gasteiger partial charge >= 0.3 is 11.9 Å². The highest BCUT2D eigenvalue weighted by Gasteiger charge is 2.38. The van der Waals surface area contributed by atoms with E-state index < -0.39 is 23.1 Å². The van der Waals surface area contributed by atoms with Crippen LogP contribution in [0.1, 0.15) is 30.9 Å². The SMILES string of the molecule is CCOC(=O)[C@@H](SC#N)[C@H](C(=O)OCC)c1ccc(C)cc1. The molecule has 1 rings (SSSR count). The predicted molar refractivity (Wildman–Crippen MR) is 84.2 cm³/mol. The second-order valence-corrected chi connectivity index (χ2v) is 5.45. The maximum absolute atomic E-state index is 12.3. The number of hydrogen-bond acceptors (Lipinski definition) is 6. The Balaban J connectivity index is 3.21. The van der Waals surface area contributed by atoms with E-state index in [0.717, 1.165) is 5.56 Å². The van der Waals surface area contributed by atoms with Crippen molar-refractivity contribution in [2.24, 2.45) is 0 Å². The van der Waals surface area contributed by atoms with Crippen LogP contribution in [0.15, 0.2) is 24.3 Å². The standard InChI is InChI=1S/C16H19NO4S/c1-4-20-15(18)13(12-8-6-11(3)7-9-12)14(22-10-17)16(19)21-5-2/h6-9,13-14H,4-5H2,1-3H3/t13-,14+/m1/s1. The molecule has 1 aromatic rings. The first-order valence-corrected chi connectivity index (χ1v) is 7.87. The molecule has 0 saturated heterocycles. The number of nitrogens with zero attached hydrogens (tertiary/aromatic N) is 1. The number of benzene rings is 1. The van der Waals surface area contributed by atoms with Crippen molar-refractivity contribution in [2.75, 3.05) is 13.2 Å². The van der Waals surface area contributed by atoms with Gasteiger partial charge in [0.25, 0.3) is 0 Å². The summed E-state index contributed by atoms with van der Waals surface area (Å²) >= 11 is 0.716. The number of esters is 2. The van der Waals surface area contributed by atoms with Crippen molar-refractivity contribution in [1.29, 1.82) is 5.26 Å². The Morgan fingerprint density at radius 3 is 2.18 bits per heavy atom. The Bertz CT molecular complexity index is 550. The Kier molecular flexibility index (Phi) is 7.47. The van der Waals surface area contributed by atoms with E-state index in [-0.39, 0.29) is 13.2 Å². The van der Waals surface area contributed by atoms with Crippen molar-refractivity contribution in [2.45, 2.75) is 31.9 Å². The molecule has 0 aliphatic rings. The maximum atomic E-state index is 12.3. The molecule has 0 aliphatic heterocycles. The minimum Gasteiger partial charge on any atom is -0.465 e. The van der Waals surface area contributed by atoms with Crippen LogP contribution in [0.25, 0.3) is 0 Å². The van der Waals surface area contributed by atoms with Gasteiger partial charge in [-0.25, -0.2) is 0 Å². The highest BCUT2D eigenvalue weighted by molar-refractivity contribution is 8.05. The lowest BCUT2D eigenvalue weighted by Gasteiger charge is -2.22. The normalized spacial score (nSPS) is 12.8. The molecule has 0 unspecified atom stereocenters. The van der Waals surface area contributed by atoms with Crippen molar-refractivity contribution in [3.8, 4) is 5.40 Å². The van der Waals surface area contributed by atoms with E-state index in [2.05, 4.69) is 0 Å². The Morgan fingerprint density at radius 1 is 1.14 bits per heavy atom. The minimum absolute atomic E-state index is 0.185. The van der Waals surface area contributed by atoms with Crippen LogP contribution in [0.2, 0.25) is 0 Å². The number of thioether (sulfide) groups is 1. The molecule has 0 N–H and O–H groups in total. The van der Waals surface area contributed by atoms with Crippen molar-refractivity contribution in [1.82, 2.24) is 0 Å². The number of carbonyl (C=O) groups excluding carboxylic acids is 2. The van der Waals surface area contributed by atoms with E-state index >= 15 is 0 Å². The molecule has 0 aromatic heterocycles. The Hall–Kier alpha value is -2.00. The number of ether oxygens (including phenoxy) is 2. The third kappa shape index (κ3) is 4.78. The summed E-state index contributed by atoms with van der Waals surface area (Å²) in [5.74, 6) is -2.00. The molecule has 0 fully saturated rings. The number of nitriles is 1. The lowest BCUT2D eigenvalue weighted by atomic mass is 9.94. The van der Waals surface area contributed by atoms with Crippen LogP contribution in [-0.2, 0) is 19.1 Å². The molecular weight excluding hydrogens is 302 g/mol. The molecule has 0 bridgehead atoms. The molecule has 5 nitrogen and oxygen atoms in total. The van der Waals surface area contributed by atoms with Gasteiger partial charge in [-0.2, -0.15) is 5.26 Å². The zero-order valence-corrected chi connectivity index (χ0v) is 13.7. The van der Waals surface area contributed by atoms with Gasteiger partial charge in [0, 0.05) is 0 Å². The fourth-order valence-corrected chi connectivity index (χ4v) is 2.66. The molecule has 118 valence electrons. The van der Waals surface area contributed by atoms with Gasteiger partial charge in [0.2, 0.25) is 0 Å². The lowest BCUT2D eigenvalue weighted by Crippen LogP contribution is -2.33. The zero-order chi connectivity index (χ0) is 16.5. The second kappa shape index (κ2) is 9.11. The van der Waals surface area contributed by atoms with Crippen molar-refractivity contribution in [3.63, 3.8) is 0 Å². The monoisotopic (exact) mass is 321 g/mol. The van der Waals surface area contributed by atoms with Crippen LogP contribution in [0, 0.1) is 17.6 Å². The molecule has 1 aromatic carbocycles. The average Bonchev–Trinajstić information content (AvgIpc) is 2.49. The first-order chi connectivity index (χ1) is 10.5. The van der Waals surface area contributed by atoms with E-state index in [1.807, 2.05) is 24.5 Å². The number of aryl methyl sites for hydroxylation is 1. The quantitative estimate of drug-likeness (QED) is 0.568. The summed E-state index contributed by atoms with van der Waals surface area (Å²) < 4.78 is 10.1. The number of rotatable bonds is 7. The third-order valence-electron chi connectivity index (χ3n) is 2.98. The molecule has 22 heavy (non-hydrogen) atoms. The van der Waals surface area contributed by atoms with Gasteiger partial charge in [0.15, 0.2) is 0 Å². The molecular formula is C16H19NO4S. The topological polar surface area (TPSA) is 76.4 Å². The van der Waals surface area contributed by atoms with Gasteiger partial charge < -0.3 is 9.47 Å². The fourth-order valence-electron chi connectivity index (χ4n) is 1.97. The van der Waals surface area contributed by atoms with Gasteiger partial charge in [0.05, 0.1) is 13.2 Å². The number of hydrogen-bond donors (Lipinski definition) is 0. The summed E-state index contributed by atoms with van der Waals surface area (Å²) in [5, 5.41) is 9.88. The Morgan fingerprint density at radius 2 is 1.68 bits per heavy atom. The van der Waals surface area contributed by atoms with E-state index in [9.17, 15) is 9.59 Å². The highest BCUT2D eigenvalue weighted by Crippen LogP contribution is 2.31. The first-order valence-electron chi connectivity index (χ1n) is 6.99. The van der Waals surface area contributed by atoms with Crippen molar-refractivity contribution < 1.29 is 19.1 Å².